The van der Waals surface area contributed by atoms with Gasteiger partial charge in [0, 0.05) is 17.2 Å². The third-order valence-corrected chi connectivity index (χ3v) is 5.63. The Morgan fingerprint density at radius 1 is 1.09 bits per heavy atom. The number of benzene rings is 2. The van der Waals surface area contributed by atoms with Gasteiger partial charge in [0.25, 0.3) is 0 Å². The van der Waals surface area contributed by atoms with Crippen molar-refractivity contribution in [2.75, 3.05) is 6.61 Å². The van der Waals surface area contributed by atoms with Gasteiger partial charge in [-0.1, -0.05) is 11.6 Å². The summed E-state index contributed by atoms with van der Waals surface area (Å²) in [6.07, 6.45) is -0.245. The SMILES string of the molecule is O=S(=O)(c1ccc(Cl)cc1)C(CCO)c1cc(F)ccc1F. The van der Waals surface area contributed by atoms with E-state index < -0.39 is 33.3 Å². The highest BCUT2D eigenvalue weighted by Gasteiger charge is 2.31. The van der Waals surface area contributed by atoms with Gasteiger partial charge < -0.3 is 5.11 Å². The van der Waals surface area contributed by atoms with Gasteiger partial charge >= 0.3 is 0 Å². The first kappa shape index (κ1) is 16.9. The van der Waals surface area contributed by atoms with Gasteiger partial charge in [-0.25, -0.2) is 17.2 Å². The van der Waals surface area contributed by atoms with Crippen LogP contribution in [-0.4, -0.2) is 20.1 Å². The van der Waals surface area contributed by atoms with Crippen LogP contribution in [-0.2, 0) is 9.84 Å². The van der Waals surface area contributed by atoms with Gasteiger partial charge in [0.05, 0.1) is 10.1 Å². The Kier molecular flexibility index (Phi) is 5.16. The Morgan fingerprint density at radius 2 is 1.73 bits per heavy atom. The van der Waals surface area contributed by atoms with Crippen LogP contribution in [0.2, 0.25) is 5.02 Å². The van der Waals surface area contributed by atoms with E-state index in [-0.39, 0.29) is 16.9 Å². The summed E-state index contributed by atoms with van der Waals surface area (Å²) in [4.78, 5) is -0.0704. The zero-order chi connectivity index (χ0) is 16.3. The monoisotopic (exact) mass is 346 g/mol. The van der Waals surface area contributed by atoms with Crippen LogP contribution in [0, 0.1) is 11.6 Å². The smallest absolute Gasteiger partial charge is 0.185 e. The van der Waals surface area contributed by atoms with E-state index in [1.54, 1.807) is 0 Å². The van der Waals surface area contributed by atoms with Crippen LogP contribution >= 0.6 is 11.6 Å². The van der Waals surface area contributed by atoms with Crippen LogP contribution in [0.15, 0.2) is 47.4 Å². The number of sulfone groups is 1. The van der Waals surface area contributed by atoms with Crippen LogP contribution in [0.4, 0.5) is 8.78 Å². The minimum Gasteiger partial charge on any atom is -0.396 e. The number of hydrogen-bond donors (Lipinski definition) is 1. The van der Waals surface area contributed by atoms with Gasteiger partial charge in [-0.05, 0) is 48.9 Å². The topological polar surface area (TPSA) is 54.4 Å². The lowest BCUT2D eigenvalue weighted by atomic mass is 10.1. The Morgan fingerprint density at radius 3 is 2.32 bits per heavy atom. The van der Waals surface area contributed by atoms with E-state index in [9.17, 15) is 17.2 Å². The van der Waals surface area contributed by atoms with E-state index in [1.807, 2.05) is 0 Å². The Hall–Kier alpha value is -1.50. The molecule has 7 heteroatoms. The maximum atomic E-state index is 13.9. The molecule has 22 heavy (non-hydrogen) atoms. The average molecular weight is 347 g/mol. The van der Waals surface area contributed by atoms with Gasteiger partial charge in [-0.15, -0.1) is 0 Å². The van der Waals surface area contributed by atoms with Gasteiger partial charge in [-0.3, -0.25) is 0 Å². The summed E-state index contributed by atoms with van der Waals surface area (Å²) < 4.78 is 52.6. The molecule has 2 aromatic rings. The van der Waals surface area contributed by atoms with Gasteiger partial charge in [0.15, 0.2) is 9.84 Å². The summed E-state index contributed by atoms with van der Waals surface area (Å²) in [6, 6.07) is 7.98. The molecule has 0 bridgehead atoms. The first-order chi connectivity index (χ1) is 10.4. The summed E-state index contributed by atoms with van der Waals surface area (Å²) in [5.41, 5.74) is -0.302. The predicted octanol–water partition coefficient (Wildman–Crippen LogP) is 3.52. The Bertz CT molecular complexity index is 761. The lowest BCUT2D eigenvalue weighted by Crippen LogP contribution is -2.17. The second-order valence-electron chi connectivity index (χ2n) is 4.67. The van der Waals surface area contributed by atoms with E-state index in [1.165, 1.54) is 24.3 Å². The molecule has 0 aliphatic heterocycles. The van der Waals surface area contributed by atoms with Crippen LogP contribution < -0.4 is 0 Å². The van der Waals surface area contributed by atoms with E-state index in [0.717, 1.165) is 18.2 Å². The van der Waals surface area contributed by atoms with Crippen molar-refractivity contribution in [2.45, 2.75) is 16.6 Å². The average Bonchev–Trinajstić information content (AvgIpc) is 2.48. The number of rotatable bonds is 5. The molecular weight excluding hydrogens is 334 g/mol. The fourth-order valence-corrected chi connectivity index (χ4v) is 4.05. The quantitative estimate of drug-likeness (QED) is 0.901. The third kappa shape index (κ3) is 3.45. The first-order valence-electron chi connectivity index (χ1n) is 6.41. The molecule has 0 fully saturated rings. The zero-order valence-corrected chi connectivity index (χ0v) is 12.9. The fourth-order valence-electron chi connectivity index (χ4n) is 2.14. The molecule has 1 unspecified atom stereocenters. The Balaban J connectivity index is 2.55. The lowest BCUT2D eigenvalue weighted by molar-refractivity contribution is 0.284. The molecule has 2 rings (SSSR count). The second-order valence-corrected chi connectivity index (χ2v) is 7.23. The Labute approximate surface area is 132 Å². The minimum absolute atomic E-state index is 0.0704. The zero-order valence-electron chi connectivity index (χ0n) is 11.3. The van der Waals surface area contributed by atoms with E-state index in [4.69, 9.17) is 16.7 Å². The summed E-state index contributed by atoms with van der Waals surface area (Å²) in [7, 11) is -4.00. The van der Waals surface area contributed by atoms with E-state index >= 15 is 0 Å². The standard InChI is InChI=1S/C15H13ClF2O3S/c16-10-1-4-12(5-2-10)22(20,21)15(7-8-19)13-9-11(17)3-6-14(13)18/h1-6,9,15,19H,7-8H2. The molecule has 2 aromatic carbocycles. The highest BCUT2D eigenvalue weighted by molar-refractivity contribution is 7.91. The van der Waals surface area contributed by atoms with Crippen molar-refractivity contribution in [3.63, 3.8) is 0 Å². The predicted molar refractivity (Wildman–Crippen MR) is 79.4 cm³/mol. The number of aliphatic hydroxyl groups excluding tert-OH is 1. The van der Waals surface area contributed by atoms with Crippen molar-refractivity contribution in [3.8, 4) is 0 Å². The number of hydrogen-bond acceptors (Lipinski definition) is 3. The summed E-state index contributed by atoms with van der Waals surface area (Å²) >= 11 is 5.72. The maximum Gasteiger partial charge on any atom is 0.185 e. The molecule has 0 heterocycles. The molecule has 0 aliphatic carbocycles. The van der Waals surface area contributed by atoms with Crippen LogP contribution in [0.1, 0.15) is 17.2 Å². The molecule has 1 N–H and O–H groups in total. The maximum absolute atomic E-state index is 13.9. The van der Waals surface area contributed by atoms with Crippen molar-refractivity contribution >= 4 is 21.4 Å². The molecule has 0 radical (unpaired) electrons. The van der Waals surface area contributed by atoms with Crippen LogP contribution in [0.5, 0.6) is 0 Å². The van der Waals surface area contributed by atoms with Crippen molar-refractivity contribution < 1.29 is 22.3 Å². The fraction of sp³-hybridized carbons (Fsp3) is 0.200. The van der Waals surface area contributed by atoms with Crippen molar-refractivity contribution in [1.82, 2.24) is 0 Å². The van der Waals surface area contributed by atoms with Crippen LogP contribution in [0.25, 0.3) is 0 Å². The number of halogens is 3. The molecular formula is C15H13ClF2O3S. The van der Waals surface area contributed by atoms with Crippen molar-refractivity contribution in [2.24, 2.45) is 0 Å². The molecule has 0 saturated heterocycles. The number of aliphatic hydroxyl groups is 1. The lowest BCUT2D eigenvalue weighted by Gasteiger charge is -2.18. The molecule has 0 spiro atoms. The van der Waals surface area contributed by atoms with Gasteiger partial charge in [-0.2, -0.15) is 0 Å². The summed E-state index contributed by atoms with van der Waals surface area (Å²) in [5, 5.41) is 8.09. The minimum atomic E-state index is -4.00. The molecule has 118 valence electrons. The van der Waals surface area contributed by atoms with E-state index in [2.05, 4.69) is 0 Å². The van der Waals surface area contributed by atoms with Gasteiger partial charge in [0.1, 0.15) is 11.6 Å². The normalized spacial score (nSPS) is 13.1. The van der Waals surface area contributed by atoms with Crippen molar-refractivity contribution in [1.29, 1.82) is 0 Å². The molecule has 0 aromatic heterocycles. The van der Waals surface area contributed by atoms with Gasteiger partial charge in [0.2, 0.25) is 0 Å². The molecule has 0 amide bonds. The summed E-state index contributed by atoms with van der Waals surface area (Å²) in [6.45, 7) is -0.479. The second kappa shape index (κ2) is 6.73. The first-order valence-corrected chi connectivity index (χ1v) is 8.34. The molecule has 3 nitrogen and oxygen atoms in total. The largest absolute Gasteiger partial charge is 0.396 e. The molecule has 0 aliphatic rings. The highest BCUT2D eigenvalue weighted by Crippen LogP contribution is 2.34. The van der Waals surface area contributed by atoms with Crippen LogP contribution in [0.3, 0.4) is 0 Å². The highest BCUT2D eigenvalue weighted by atomic mass is 35.5. The molecule has 1 atom stereocenters. The van der Waals surface area contributed by atoms with Crippen molar-refractivity contribution in [3.05, 3.63) is 64.7 Å². The third-order valence-electron chi connectivity index (χ3n) is 3.21. The van der Waals surface area contributed by atoms with E-state index in [0.29, 0.717) is 5.02 Å². The molecule has 0 saturated carbocycles. The summed E-state index contributed by atoms with van der Waals surface area (Å²) in [5.74, 6) is -1.58.